The van der Waals surface area contributed by atoms with E-state index in [2.05, 4.69) is 4.98 Å². The first-order chi connectivity index (χ1) is 8.20. The van der Waals surface area contributed by atoms with Crippen molar-refractivity contribution in [1.82, 2.24) is 9.38 Å². The summed E-state index contributed by atoms with van der Waals surface area (Å²) in [6.45, 7) is 1.96. The van der Waals surface area contributed by atoms with Gasteiger partial charge in [-0.15, -0.1) is 11.3 Å². The zero-order valence-corrected chi connectivity index (χ0v) is 10.2. The SMILES string of the molecule is COc1cccc2nc3sc(C)cn3c(=O)c12. The predicted octanol–water partition coefficient (Wildman–Crippen LogP) is 2.23. The van der Waals surface area contributed by atoms with Crippen LogP contribution in [0.25, 0.3) is 15.9 Å². The summed E-state index contributed by atoms with van der Waals surface area (Å²) >= 11 is 1.51. The number of ether oxygens (including phenoxy) is 1. The van der Waals surface area contributed by atoms with E-state index in [1.54, 1.807) is 23.8 Å². The van der Waals surface area contributed by atoms with Gasteiger partial charge in [0, 0.05) is 11.1 Å². The normalized spacial score (nSPS) is 11.2. The lowest BCUT2D eigenvalue weighted by Crippen LogP contribution is -2.13. The van der Waals surface area contributed by atoms with Crippen molar-refractivity contribution in [3.8, 4) is 5.75 Å². The molecule has 0 fully saturated rings. The van der Waals surface area contributed by atoms with Gasteiger partial charge in [-0.1, -0.05) is 6.07 Å². The zero-order valence-electron chi connectivity index (χ0n) is 9.43. The molecule has 0 bridgehead atoms. The lowest BCUT2D eigenvalue weighted by atomic mass is 10.2. The molecule has 86 valence electrons. The minimum absolute atomic E-state index is 0.0770. The third-order valence-corrected chi connectivity index (χ3v) is 3.54. The number of nitrogens with zero attached hydrogens (tertiary/aromatic N) is 2. The minimum Gasteiger partial charge on any atom is -0.496 e. The molecule has 3 rings (SSSR count). The fourth-order valence-electron chi connectivity index (χ4n) is 1.90. The van der Waals surface area contributed by atoms with Crippen LogP contribution >= 0.6 is 11.3 Å². The van der Waals surface area contributed by atoms with E-state index in [4.69, 9.17) is 4.74 Å². The van der Waals surface area contributed by atoms with Gasteiger partial charge < -0.3 is 4.74 Å². The number of hydrogen-bond donors (Lipinski definition) is 0. The van der Waals surface area contributed by atoms with Crippen LogP contribution in [0.1, 0.15) is 4.88 Å². The van der Waals surface area contributed by atoms with Crippen LogP contribution < -0.4 is 10.3 Å². The van der Waals surface area contributed by atoms with E-state index in [0.717, 1.165) is 4.88 Å². The summed E-state index contributed by atoms with van der Waals surface area (Å²) in [6, 6.07) is 5.44. The maximum atomic E-state index is 12.3. The first-order valence-corrected chi connectivity index (χ1v) is 5.98. The van der Waals surface area contributed by atoms with Crippen molar-refractivity contribution < 1.29 is 4.74 Å². The number of fused-ring (bicyclic) bond motifs is 2. The second kappa shape index (κ2) is 3.56. The molecule has 0 N–H and O–H groups in total. The zero-order chi connectivity index (χ0) is 12.0. The summed E-state index contributed by atoms with van der Waals surface area (Å²) in [7, 11) is 1.56. The third kappa shape index (κ3) is 1.43. The molecule has 5 heteroatoms. The van der Waals surface area contributed by atoms with E-state index in [9.17, 15) is 4.79 Å². The minimum atomic E-state index is -0.0770. The van der Waals surface area contributed by atoms with Gasteiger partial charge in [-0.2, -0.15) is 0 Å². The van der Waals surface area contributed by atoms with Gasteiger partial charge in [-0.05, 0) is 19.1 Å². The molecule has 0 aliphatic carbocycles. The Morgan fingerprint density at radius 1 is 1.41 bits per heavy atom. The number of hydrogen-bond acceptors (Lipinski definition) is 4. The van der Waals surface area contributed by atoms with Crippen LogP contribution in [0.15, 0.2) is 29.2 Å². The molecule has 1 aromatic carbocycles. The Bertz CT molecular complexity index is 773. The molecule has 0 unspecified atom stereocenters. The van der Waals surface area contributed by atoms with E-state index in [1.807, 2.05) is 19.1 Å². The molecule has 0 atom stereocenters. The molecule has 0 amide bonds. The van der Waals surface area contributed by atoms with E-state index < -0.39 is 0 Å². The Labute approximate surface area is 101 Å². The fraction of sp³-hybridized carbons (Fsp3) is 0.167. The van der Waals surface area contributed by atoms with E-state index in [-0.39, 0.29) is 5.56 Å². The molecule has 0 radical (unpaired) electrons. The highest BCUT2D eigenvalue weighted by atomic mass is 32.1. The molecule has 17 heavy (non-hydrogen) atoms. The van der Waals surface area contributed by atoms with Gasteiger partial charge in [0.2, 0.25) is 0 Å². The Balaban J connectivity index is 2.59. The van der Waals surface area contributed by atoms with Crippen LogP contribution in [0.5, 0.6) is 5.75 Å². The quantitative estimate of drug-likeness (QED) is 0.661. The average Bonchev–Trinajstić information content (AvgIpc) is 2.69. The molecule has 2 heterocycles. The fourth-order valence-corrected chi connectivity index (χ4v) is 2.72. The van der Waals surface area contributed by atoms with Crippen molar-refractivity contribution in [2.24, 2.45) is 0 Å². The molecule has 0 saturated heterocycles. The number of methoxy groups -OCH3 is 1. The Kier molecular flexibility index (Phi) is 2.16. The molecular formula is C12H10N2O2S. The van der Waals surface area contributed by atoms with Crippen molar-refractivity contribution in [1.29, 1.82) is 0 Å². The summed E-state index contributed by atoms with van der Waals surface area (Å²) in [6.07, 6.45) is 1.81. The molecule has 4 nitrogen and oxygen atoms in total. The van der Waals surface area contributed by atoms with Gasteiger partial charge in [0.05, 0.1) is 12.6 Å². The van der Waals surface area contributed by atoms with Gasteiger partial charge >= 0.3 is 0 Å². The van der Waals surface area contributed by atoms with Crippen molar-refractivity contribution in [3.63, 3.8) is 0 Å². The summed E-state index contributed by atoms with van der Waals surface area (Å²) in [5.41, 5.74) is 0.600. The Hall–Kier alpha value is -1.88. The first-order valence-electron chi connectivity index (χ1n) is 5.16. The average molecular weight is 246 g/mol. The summed E-state index contributed by atoms with van der Waals surface area (Å²) in [5.74, 6) is 0.568. The topological polar surface area (TPSA) is 43.6 Å². The Morgan fingerprint density at radius 2 is 2.24 bits per heavy atom. The maximum absolute atomic E-state index is 12.3. The van der Waals surface area contributed by atoms with Crippen LogP contribution in [0, 0.1) is 6.92 Å². The summed E-state index contributed by atoms with van der Waals surface area (Å²) < 4.78 is 6.79. The van der Waals surface area contributed by atoms with Crippen molar-refractivity contribution in [3.05, 3.63) is 39.6 Å². The number of aromatic nitrogens is 2. The van der Waals surface area contributed by atoms with E-state index in [0.29, 0.717) is 21.6 Å². The molecule has 0 aliphatic heterocycles. The van der Waals surface area contributed by atoms with E-state index >= 15 is 0 Å². The van der Waals surface area contributed by atoms with Crippen LogP contribution in [-0.2, 0) is 0 Å². The van der Waals surface area contributed by atoms with E-state index in [1.165, 1.54) is 11.3 Å². The highest BCUT2D eigenvalue weighted by molar-refractivity contribution is 7.17. The molecular weight excluding hydrogens is 236 g/mol. The maximum Gasteiger partial charge on any atom is 0.270 e. The van der Waals surface area contributed by atoms with Crippen molar-refractivity contribution >= 4 is 27.2 Å². The van der Waals surface area contributed by atoms with Gasteiger partial charge in [0.25, 0.3) is 5.56 Å². The Morgan fingerprint density at radius 3 is 3.00 bits per heavy atom. The molecule has 0 saturated carbocycles. The van der Waals surface area contributed by atoms with Crippen LogP contribution in [-0.4, -0.2) is 16.5 Å². The number of aryl methyl sites for hydroxylation is 1. The van der Waals surface area contributed by atoms with Gasteiger partial charge in [-0.25, -0.2) is 4.98 Å². The second-order valence-corrected chi connectivity index (χ2v) is 4.98. The number of thiazole rings is 1. The van der Waals surface area contributed by atoms with Crippen LogP contribution in [0.3, 0.4) is 0 Å². The molecule has 3 aromatic rings. The predicted molar refractivity (Wildman–Crippen MR) is 68.1 cm³/mol. The highest BCUT2D eigenvalue weighted by Gasteiger charge is 2.11. The lowest BCUT2D eigenvalue weighted by molar-refractivity contribution is 0.419. The molecule has 0 spiro atoms. The summed E-state index contributed by atoms with van der Waals surface area (Å²) in [4.78, 5) is 18.6. The number of rotatable bonds is 1. The first kappa shape index (κ1) is 10.3. The third-order valence-electron chi connectivity index (χ3n) is 2.64. The largest absolute Gasteiger partial charge is 0.496 e. The van der Waals surface area contributed by atoms with Crippen LogP contribution in [0.2, 0.25) is 0 Å². The second-order valence-electron chi connectivity index (χ2n) is 3.77. The highest BCUT2D eigenvalue weighted by Crippen LogP contribution is 2.23. The van der Waals surface area contributed by atoms with Gasteiger partial charge in [0.1, 0.15) is 11.1 Å². The van der Waals surface area contributed by atoms with Crippen molar-refractivity contribution in [2.45, 2.75) is 6.92 Å². The smallest absolute Gasteiger partial charge is 0.270 e. The molecule has 2 aromatic heterocycles. The van der Waals surface area contributed by atoms with Crippen LogP contribution in [0.4, 0.5) is 0 Å². The standard InChI is InChI=1S/C12H10N2O2S/c1-7-6-14-11(15)10-8(13-12(14)17-7)4-3-5-9(10)16-2/h3-6H,1-2H3. The van der Waals surface area contributed by atoms with Crippen molar-refractivity contribution in [2.75, 3.05) is 7.11 Å². The molecule has 0 aliphatic rings. The van der Waals surface area contributed by atoms with Gasteiger partial charge in [-0.3, -0.25) is 9.20 Å². The van der Waals surface area contributed by atoms with Gasteiger partial charge in [0.15, 0.2) is 4.96 Å². The monoisotopic (exact) mass is 246 g/mol. The number of benzene rings is 1. The lowest BCUT2D eigenvalue weighted by Gasteiger charge is -2.03. The summed E-state index contributed by atoms with van der Waals surface area (Å²) in [5, 5.41) is 0.533.